The summed E-state index contributed by atoms with van der Waals surface area (Å²) in [6.07, 6.45) is 3.60. The molecular weight excluding hydrogens is 288 g/mol. The van der Waals surface area contributed by atoms with Crippen LogP contribution < -0.4 is 0 Å². The van der Waals surface area contributed by atoms with E-state index in [1.807, 2.05) is 42.5 Å². The maximum absolute atomic E-state index is 9.30. The highest BCUT2D eigenvalue weighted by atomic mass is 16.3. The van der Waals surface area contributed by atoms with Gasteiger partial charge in [-0.2, -0.15) is 0 Å². The van der Waals surface area contributed by atoms with E-state index in [4.69, 9.17) is 5.11 Å². The quantitative estimate of drug-likeness (QED) is 0.603. The molecule has 0 heterocycles. The van der Waals surface area contributed by atoms with Gasteiger partial charge in [0.1, 0.15) is 17.2 Å². The second-order valence-corrected chi connectivity index (χ2v) is 4.86. The molecule has 0 aliphatic carbocycles. The number of benzene rings is 3. The van der Waals surface area contributed by atoms with Crippen LogP contribution in [0, 0.1) is 0 Å². The minimum Gasteiger partial charge on any atom is -0.508 e. The average Bonchev–Trinajstić information content (AvgIpc) is 2.56. The molecule has 3 nitrogen and oxygen atoms in total. The van der Waals surface area contributed by atoms with Gasteiger partial charge in [-0.25, -0.2) is 0 Å². The molecule has 0 atom stereocenters. The van der Waals surface area contributed by atoms with E-state index in [1.54, 1.807) is 42.5 Å². The van der Waals surface area contributed by atoms with Gasteiger partial charge >= 0.3 is 0 Å². The number of phenols is 3. The van der Waals surface area contributed by atoms with Crippen molar-refractivity contribution in [3.8, 4) is 17.2 Å². The summed E-state index contributed by atoms with van der Waals surface area (Å²) in [4.78, 5) is 0. The Morgan fingerprint density at radius 1 is 0.478 bits per heavy atom. The van der Waals surface area contributed by atoms with Crippen LogP contribution in [0.5, 0.6) is 17.2 Å². The van der Waals surface area contributed by atoms with Crippen molar-refractivity contribution in [2.75, 3.05) is 0 Å². The highest BCUT2D eigenvalue weighted by Crippen LogP contribution is 2.22. The van der Waals surface area contributed by atoms with Gasteiger partial charge in [-0.05, 0) is 35.4 Å². The van der Waals surface area contributed by atoms with Gasteiger partial charge in [0.25, 0.3) is 0 Å². The van der Waals surface area contributed by atoms with Gasteiger partial charge < -0.3 is 15.3 Å². The molecule has 3 N–H and O–H groups in total. The fourth-order valence-electron chi connectivity index (χ4n) is 1.88. The SMILES string of the molecule is Oc1ccc(C=Cc2cc(O)cc(O)c2)cc1.c1ccccc1. The summed E-state index contributed by atoms with van der Waals surface area (Å²) in [5.74, 6) is 0.267. The Labute approximate surface area is 135 Å². The summed E-state index contributed by atoms with van der Waals surface area (Å²) < 4.78 is 0. The molecule has 0 spiro atoms. The lowest BCUT2D eigenvalue weighted by Gasteiger charge is -1.98. The molecule has 0 aliphatic rings. The predicted molar refractivity (Wildman–Crippen MR) is 93.2 cm³/mol. The third-order valence-corrected chi connectivity index (χ3v) is 2.95. The van der Waals surface area contributed by atoms with Crippen LogP contribution >= 0.6 is 0 Å². The van der Waals surface area contributed by atoms with Crippen LogP contribution in [0.4, 0.5) is 0 Å². The molecule has 0 bridgehead atoms. The first-order valence-electron chi connectivity index (χ1n) is 7.13. The zero-order chi connectivity index (χ0) is 16.5. The van der Waals surface area contributed by atoms with Crippen molar-refractivity contribution in [2.24, 2.45) is 0 Å². The van der Waals surface area contributed by atoms with Crippen molar-refractivity contribution in [1.82, 2.24) is 0 Å². The zero-order valence-corrected chi connectivity index (χ0v) is 12.5. The predicted octanol–water partition coefficient (Wildman–Crippen LogP) is 4.66. The molecule has 3 heteroatoms. The van der Waals surface area contributed by atoms with Crippen LogP contribution in [0.25, 0.3) is 12.2 Å². The monoisotopic (exact) mass is 306 g/mol. The number of hydrogen-bond acceptors (Lipinski definition) is 3. The van der Waals surface area contributed by atoms with E-state index in [0.29, 0.717) is 5.56 Å². The van der Waals surface area contributed by atoms with Crippen LogP contribution in [-0.4, -0.2) is 15.3 Å². The summed E-state index contributed by atoms with van der Waals surface area (Å²) >= 11 is 0. The van der Waals surface area contributed by atoms with Crippen LogP contribution in [0.3, 0.4) is 0 Å². The molecule has 23 heavy (non-hydrogen) atoms. The first kappa shape index (κ1) is 16.2. The molecule has 3 aromatic carbocycles. The van der Waals surface area contributed by atoms with Crippen molar-refractivity contribution in [1.29, 1.82) is 0 Å². The van der Waals surface area contributed by atoms with E-state index in [-0.39, 0.29) is 17.2 Å². The molecule has 0 unspecified atom stereocenters. The van der Waals surface area contributed by atoms with Crippen molar-refractivity contribution < 1.29 is 15.3 Å². The molecule has 3 aromatic rings. The van der Waals surface area contributed by atoms with Crippen LogP contribution in [0.1, 0.15) is 11.1 Å². The van der Waals surface area contributed by atoms with E-state index in [9.17, 15) is 10.2 Å². The van der Waals surface area contributed by atoms with Crippen molar-refractivity contribution >= 4 is 12.2 Å². The Morgan fingerprint density at radius 3 is 1.39 bits per heavy atom. The van der Waals surface area contributed by atoms with Crippen molar-refractivity contribution in [3.05, 3.63) is 90.0 Å². The molecule has 0 fully saturated rings. The summed E-state index contributed by atoms with van der Waals surface area (Å²) in [6, 6.07) is 23.1. The largest absolute Gasteiger partial charge is 0.508 e. The molecule has 0 amide bonds. The Morgan fingerprint density at radius 2 is 0.913 bits per heavy atom. The number of hydrogen-bond donors (Lipinski definition) is 3. The van der Waals surface area contributed by atoms with Gasteiger partial charge in [0, 0.05) is 6.07 Å². The van der Waals surface area contributed by atoms with Gasteiger partial charge in [0.2, 0.25) is 0 Å². The van der Waals surface area contributed by atoms with Crippen LogP contribution in [0.15, 0.2) is 78.9 Å². The summed E-state index contributed by atoms with van der Waals surface area (Å²) in [5, 5.41) is 27.7. The maximum atomic E-state index is 9.30. The lowest BCUT2D eigenvalue weighted by atomic mass is 10.1. The van der Waals surface area contributed by atoms with E-state index < -0.39 is 0 Å². The van der Waals surface area contributed by atoms with Gasteiger partial charge in [0.15, 0.2) is 0 Å². The van der Waals surface area contributed by atoms with Crippen LogP contribution in [-0.2, 0) is 0 Å². The molecule has 0 saturated heterocycles. The Hall–Kier alpha value is -3.20. The molecule has 116 valence electrons. The molecule has 0 saturated carbocycles. The molecular formula is C20H18O3. The molecule has 0 aliphatic heterocycles. The maximum Gasteiger partial charge on any atom is 0.119 e. The van der Waals surface area contributed by atoms with Gasteiger partial charge in [-0.3, -0.25) is 0 Å². The highest BCUT2D eigenvalue weighted by molar-refractivity contribution is 5.71. The van der Waals surface area contributed by atoms with E-state index in [0.717, 1.165) is 5.56 Å². The topological polar surface area (TPSA) is 60.7 Å². The summed E-state index contributed by atoms with van der Waals surface area (Å²) in [5.41, 5.74) is 1.63. The first-order chi connectivity index (χ1) is 11.1. The average molecular weight is 306 g/mol. The van der Waals surface area contributed by atoms with E-state index in [2.05, 4.69) is 0 Å². The van der Waals surface area contributed by atoms with Crippen molar-refractivity contribution in [2.45, 2.75) is 0 Å². The Kier molecular flexibility index (Phi) is 5.83. The number of rotatable bonds is 2. The van der Waals surface area contributed by atoms with Gasteiger partial charge in [0.05, 0.1) is 0 Å². The third-order valence-electron chi connectivity index (χ3n) is 2.95. The first-order valence-corrected chi connectivity index (χ1v) is 7.13. The Bertz CT molecular complexity index is 701. The highest BCUT2D eigenvalue weighted by Gasteiger charge is 1.95. The standard InChI is InChI=1S/C14H12O3.C6H6/c15-12-5-3-10(4-6-12)1-2-11-7-13(16)9-14(17)8-11;1-2-4-6-5-3-1/h1-9,15-17H;1-6H. The fraction of sp³-hybridized carbons (Fsp3) is 0. The van der Waals surface area contributed by atoms with Crippen molar-refractivity contribution in [3.63, 3.8) is 0 Å². The number of aromatic hydroxyl groups is 3. The van der Waals surface area contributed by atoms with Crippen LogP contribution in [0.2, 0.25) is 0 Å². The smallest absolute Gasteiger partial charge is 0.119 e. The van der Waals surface area contributed by atoms with Gasteiger partial charge in [-0.15, -0.1) is 0 Å². The fourth-order valence-corrected chi connectivity index (χ4v) is 1.88. The van der Waals surface area contributed by atoms with Gasteiger partial charge in [-0.1, -0.05) is 60.7 Å². The molecule has 0 aromatic heterocycles. The normalized spacial score (nSPS) is 10.1. The second-order valence-electron chi connectivity index (χ2n) is 4.86. The minimum atomic E-state index is 0.0235. The lowest BCUT2D eigenvalue weighted by molar-refractivity contribution is 0.450. The number of phenolic OH excluding ortho intramolecular Hbond substituents is 3. The Balaban J connectivity index is 0.000000268. The van der Waals surface area contributed by atoms with E-state index in [1.165, 1.54) is 6.07 Å². The minimum absolute atomic E-state index is 0.0235. The zero-order valence-electron chi connectivity index (χ0n) is 12.5. The molecule has 0 radical (unpaired) electrons. The third kappa shape index (κ3) is 5.98. The second kappa shape index (κ2) is 8.29. The molecule has 3 rings (SSSR count). The van der Waals surface area contributed by atoms with E-state index >= 15 is 0 Å². The lowest BCUT2D eigenvalue weighted by Crippen LogP contribution is -1.74. The summed E-state index contributed by atoms with van der Waals surface area (Å²) in [7, 11) is 0. The summed E-state index contributed by atoms with van der Waals surface area (Å²) in [6.45, 7) is 0.